The summed E-state index contributed by atoms with van der Waals surface area (Å²) in [6.07, 6.45) is 11.2. The van der Waals surface area contributed by atoms with Gasteiger partial charge in [0.25, 0.3) is 0 Å². The zero-order valence-corrected chi connectivity index (χ0v) is 25.0. The summed E-state index contributed by atoms with van der Waals surface area (Å²) in [5.41, 5.74) is 3.48. The summed E-state index contributed by atoms with van der Waals surface area (Å²) in [6, 6.07) is 5.20. The fourth-order valence-corrected chi connectivity index (χ4v) is 2.72. The molecule has 0 heterocycles. The van der Waals surface area contributed by atoms with Gasteiger partial charge < -0.3 is 5.11 Å². The number of ketones is 1. The highest BCUT2D eigenvalue weighted by Gasteiger charge is 2.10. The number of aliphatic imine (C=N–C) groups is 1. The summed E-state index contributed by atoms with van der Waals surface area (Å²) >= 11 is 0. The molecule has 0 aliphatic carbocycles. The maximum absolute atomic E-state index is 12.0. The largest absolute Gasteiger partial charge is 0.508 e. The molecule has 0 aromatic heterocycles. The lowest BCUT2D eigenvalue weighted by Crippen LogP contribution is -2.12. The van der Waals surface area contributed by atoms with Crippen molar-refractivity contribution in [3.8, 4) is 5.75 Å². The Kier molecular flexibility index (Phi) is 25.6. The van der Waals surface area contributed by atoms with E-state index in [1.807, 2.05) is 26.8 Å². The average Bonchev–Trinajstić information content (AvgIpc) is 2.81. The van der Waals surface area contributed by atoms with Gasteiger partial charge in [-0.3, -0.25) is 9.79 Å². The van der Waals surface area contributed by atoms with Gasteiger partial charge in [-0.05, 0) is 64.2 Å². The summed E-state index contributed by atoms with van der Waals surface area (Å²) in [4.78, 5) is 14.7. The van der Waals surface area contributed by atoms with Gasteiger partial charge in [0.2, 0.25) is 0 Å². The van der Waals surface area contributed by atoms with Crippen LogP contribution in [-0.4, -0.2) is 16.6 Å². The minimum Gasteiger partial charge on any atom is -0.508 e. The van der Waals surface area contributed by atoms with Crippen LogP contribution < -0.4 is 0 Å². The van der Waals surface area contributed by atoms with E-state index in [-0.39, 0.29) is 11.7 Å². The number of rotatable bonds is 9. The number of hydrogen-bond donors (Lipinski definition) is 1. The number of aromatic hydroxyl groups is 1. The number of benzene rings is 1. The smallest absolute Gasteiger partial charge is 0.132 e. The normalized spacial score (nSPS) is 12.2. The molecule has 1 N–H and O–H groups in total. The molecule has 0 aliphatic rings. The van der Waals surface area contributed by atoms with E-state index in [1.54, 1.807) is 13.1 Å². The molecule has 0 aliphatic heterocycles. The van der Waals surface area contributed by atoms with Crippen LogP contribution in [0.2, 0.25) is 0 Å². The van der Waals surface area contributed by atoms with E-state index >= 15 is 0 Å². The molecule has 0 spiro atoms. The topological polar surface area (TPSA) is 49.7 Å². The second-order valence-corrected chi connectivity index (χ2v) is 9.59. The van der Waals surface area contributed by atoms with Crippen LogP contribution in [0.25, 0.3) is 0 Å². The van der Waals surface area contributed by atoms with Crippen LogP contribution in [0.15, 0.2) is 65.3 Å². The molecule has 4 heteroatoms. The average molecular weight is 504 g/mol. The van der Waals surface area contributed by atoms with Gasteiger partial charge in [-0.2, -0.15) is 0 Å². The maximum atomic E-state index is 12.0. The molecule has 0 saturated carbocycles. The highest BCUT2D eigenvalue weighted by molar-refractivity contribution is 6.01. The molecule has 0 bridgehead atoms. The number of phenolic OH excluding ortho intramolecular Hbond substituents is 1. The van der Waals surface area contributed by atoms with E-state index in [0.717, 1.165) is 17.7 Å². The van der Waals surface area contributed by atoms with Gasteiger partial charge in [-0.15, -0.1) is 0 Å². The highest BCUT2D eigenvalue weighted by Crippen LogP contribution is 2.11. The highest BCUT2D eigenvalue weighted by atomic mass is 19.1. The van der Waals surface area contributed by atoms with Crippen LogP contribution in [0.3, 0.4) is 0 Å². The molecule has 0 amide bonds. The minimum absolute atomic E-state index is 0.0370. The standard InChI is InChI=1S/C11H17N.C8H18.C7H14O.C6H5FO/c1-6-8-11(9(3)4)10(5)12-7-2;1-4-6-7-8(3)5-2;1-5(2)6(3)7(4)8;7-5-2-1-3-6(8)4-5/h6-8H,2H2,1,3-5H3;8H,4-7H2,1-3H3;5-6H,1-4H3;1-4,8H/b8-6-,12-10?;;;. The van der Waals surface area contributed by atoms with Gasteiger partial charge in [-0.25, -0.2) is 4.39 Å². The van der Waals surface area contributed by atoms with Gasteiger partial charge in [0.15, 0.2) is 0 Å². The first-order chi connectivity index (χ1) is 16.8. The molecule has 0 radical (unpaired) electrons. The molecule has 2 unspecified atom stereocenters. The molecule has 206 valence electrons. The summed E-state index contributed by atoms with van der Waals surface area (Å²) in [6.45, 7) is 26.3. The first kappa shape index (κ1) is 38.0. The third kappa shape index (κ3) is 23.3. The first-order valence-electron chi connectivity index (χ1n) is 13.2. The Bertz CT molecular complexity index is 785. The molecule has 36 heavy (non-hydrogen) atoms. The predicted molar refractivity (Wildman–Crippen MR) is 158 cm³/mol. The van der Waals surface area contributed by atoms with Gasteiger partial charge in [0.1, 0.15) is 17.3 Å². The molecular weight excluding hydrogens is 449 g/mol. The van der Waals surface area contributed by atoms with E-state index in [0.29, 0.717) is 11.7 Å². The van der Waals surface area contributed by atoms with Gasteiger partial charge >= 0.3 is 0 Å². The number of carbonyl (C=O) groups is 1. The van der Waals surface area contributed by atoms with Crippen molar-refractivity contribution in [2.45, 2.75) is 102 Å². The van der Waals surface area contributed by atoms with E-state index in [4.69, 9.17) is 5.11 Å². The maximum Gasteiger partial charge on any atom is 0.132 e. The van der Waals surface area contributed by atoms with Crippen LogP contribution in [0, 0.1) is 23.6 Å². The fraction of sp³-hybridized carbons (Fsp3) is 0.562. The number of halogens is 1. The first-order valence-corrected chi connectivity index (χ1v) is 13.2. The van der Waals surface area contributed by atoms with Crippen molar-refractivity contribution in [1.82, 2.24) is 0 Å². The minimum atomic E-state index is -0.412. The Morgan fingerprint density at radius 1 is 1.11 bits per heavy atom. The zero-order chi connectivity index (χ0) is 28.7. The summed E-state index contributed by atoms with van der Waals surface area (Å²) < 4.78 is 12.0. The second kappa shape index (κ2) is 24.2. The van der Waals surface area contributed by atoms with Crippen molar-refractivity contribution < 1.29 is 14.3 Å². The monoisotopic (exact) mass is 503 g/mol. The third-order valence-electron chi connectivity index (χ3n) is 5.74. The van der Waals surface area contributed by atoms with Gasteiger partial charge in [0, 0.05) is 23.9 Å². The predicted octanol–water partition coefficient (Wildman–Crippen LogP) is 10.1. The Hall–Kier alpha value is -2.49. The van der Waals surface area contributed by atoms with Crippen molar-refractivity contribution in [3.05, 3.63) is 66.2 Å². The van der Waals surface area contributed by atoms with Crippen LogP contribution >= 0.6 is 0 Å². The lowest BCUT2D eigenvalue weighted by molar-refractivity contribution is -0.121. The Balaban J connectivity index is -0.000000411. The number of hydrogen-bond acceptors (Lipinski definition) is 3. The lowest BCUT2D eigenvalue weighted by atomic mass is 9.95. The Labute approximate surface area is 222 Å². The van der Waals surface area contributed by atoms with Gasteiger partial charge in [0.05, 0.1) is 0 Å². The lowest BCUT2D eigenvalue weighted by Gasteiger charge is -2.09. The van der Waals surface area contributed by atoms with Crippen molar-refractivity contribution >= 4 is 11.5 Å². The number of unbranched alkanes of at least 4 members (excludes halogenated alkanes) is 1. The Morgan fingerprint density at radius 2 is 1.69 bits per heavy atom. The fourth-order valence-electron chi connectivity index (χ4n) is 2.72. The van der Waals surface area contributed by atoms with E-state index in [1.165, 1.54) is 55.0 Å². The van der Waals surface area contributed by atoms with Crippen molar-refractivity contribution in [2.75, 3.05) is 0 Å². The van der Waals surface area contributed by atoms with Crippen molar-refractivity contribution in [2.24, 2.45) is 22.7 Å². The summed E-state index contributed by atoms with van der Waals surface area (Å²) in [5.74, 6) is 1.52. The molecule has 1 rings (SSSR count). The van der Waals surface area contributed by atoms with Crippen LogP contribution in [-0.2, 0) is 4.79 Å². The van der Waals surface area contributed by atoms with Crippen LogP contribution in [0.4, 0.5) is 4.39 Å². The zero-order valence-electron chi connectivity index (χ0n) is 25.0. The number of phenols is 1. The summed E-state index contributed by atoms with van der Waals surface area (Å²) in [7, 11) is 0. The van der Waals surface area contributed by atoms with Crippen molar-refractivity contribution in [3.63, 3.8) is 0 Å². The number of Topliss-reactive ketones (excluding diaryl/α,β-unsaturated/α-hetero) is 1. The second-order valence-electron chi connectivity index (χ2n) is 9.59. The summed E-state index contributed by atoms with van der Waals surface area (Å²) in [5, 5.41) is 8.57. The van der Waals surface area contributed by atoms with Crippen LogP contribution in [0.5, 0.6) is 5.75 Å². The molecule has 0 saturated heterocycles. The Morgan fingerprint density at radius 3 is 1.97 bits per heavy atom. The molecule has 3 nitrogen and oxygen atoms in total. The van der Waals surface area contributed by atoms with Crippen molar-refractivity contribution in [1.29, 1.82) is 0 Å². The molecule has 1 aromatic rings. The number of carbonyl (C=O) groups excluding carboxylic acids is 1. The quantitative estimate of drug-likeness (QED) is 0.269. The number of allylic oxidation sites excluding steroid dienone is 4. The van der Waals surface area contributed by atoms with Gasteiger partial charge in [-0.1, -0.05) is 97.6 Å². The molecular formula is C32H54FNO2. The SMILES string of the molecule is C=CN=C(C)C(/C=C\C)=C(C)C.CC(=O)C(C)C(C)C.CCCCC(C)CC.Oc1cccc(F)c1. The number of nitrogens with zero attached hydrogens (tertiary/aromatic N) is 1. The molecule has 1 aromatic carbocycles. The van der Waals surface area contributed by atoms with E-state index < -0.39 is 5.82 Å². The van der Waals surface area contributed by atoms with E-state index in [9.17, 15) is 9.18 Å². The van der Waals surface area contributed by atoms with Crippen LogP contribution in [0.1, 0.15) is 102 Å². The molecule has 0 fully saturated rings. The molecule has 2 atom stereocenters. The van der Waals surface area contributed by atoms with E-state index in [2.05, 4.69) is 66.1 Å². The third-order valence-corrected chi connectivity index (χ3v) is 5.74.